The van der Waals surface area contributed by atoms with Crippen LogP contribution in [0.3, 0.4) is 0 Å². The van der Waals surface area contributed by atoms with Crippen molar-refractivity contribution in [1.29, 1.82) is 0 Å². The van der Waals surface area contributed by atoms with E-state index in [1.54, 1.807) is 94.4 Å². The van der Waals surface area contributed by atoms with Crippen molar-refractivity contribution in [3.63, 3.8) is 0 Å². The van der Waals surface area contributed by atoms with Gasteiger partial charge in [0.15, 0.2) is 16.9 Å². The molecule has 6 N–H and O–H groups in total. The van der Waals surface area contributed by atoms with Gasteiger partial charge in [-0.1, -0.05) is 49.7 Å². The van der Waals surface area contributed by atoms with Crippen LogP contribution in [0, 0.1) is 20.8 Å². The molecule has 3 saturated heterocycles. The Hall–Kier alpha value is -12.8. The van der Waals surface area contributed by atoms with Crippen LogP contribution in [0.15, 0.2) is 212 Å². The summed E-state index contributed by atoms with van der Waals surface area (Å²) in [6, 6.07) is 41.9. The zero-order valence-corrected chi connectivity index (χ0v) is 61.7. The van der Waals surface area contributed by atoms with Gasteiger partial charge in [0.1, 0.15) is 39.8 Å². The maximum atomic E-state index is 11.7. The van der Waals surface area contributed by atoms with Crippen LogP contribution in [0.1, 0.15) is 16.7 Å². The number of likely N-dealkylation sites (N-methyl/N-ethyl adjacent to an activating group) is 3. The summed E-state index contributed by atoms with van der Waals surface area (Å²) in [5.74, 6) is 3.81. The minimum absolute atomic E-state index is 0.242. The summed E-state index contributed by atoms with van der Waals surface area (Å²) in [6.07, 6.45) is 12.5. The number of piperazine rings is 3. The van der Waals surface area contributed by atoms with Crippen LogP contribution in [-0.2, 0) is 14.4 Å². The Bertz CT molecular complexity index is 4740. The summed E-state index contributed by atoms with van der Waals surface area (Å²) in [6.45, 7) is 29.0. The third kappa shape index (κ3) is 18.6. The Labute approximate surface area is 629 Å². The molecule has 30 heteroatoms. The van der Waals surface area contributed by atoms with E-state index in [0.717, 1.165) is 139 Å². The summed E-state index contributed by atoms with van der Waals surface area (Å²) in [4.78, 5) is 78.0. The molecule has 0 spiro atoms. The van der Waals surface area contributed by atoms with E-state index in [0.29, 0.717) is 63.3 Å². The first-order valence-corrected chi connectivity index (χ1v) is 36.0. The van der Waals surface area contributed by atoms with Crippen LogP contribution >= 0.6 is 11.8 Å². The molecule has 29 nitrogen and oxygen atoms in total. The lowest BCUT2D eigenvalue weighted by atomic mass is 10.1. The van der Waals surface area contributed by atoms with Crippen molar-refractivity contribution in [2.45, 2.75) is 30.7 Å². The minimum Gasteiger partial charge on any atom is -0.439 e. The number of nitrogens with zero attached hydrogens (tertiary/aromatic N) is 18. The fourth-order valence-electron chi connectivity index (χ4n) is 12.1. The van der Waals surface area contributed by atoms with Gasteiger partial charge >= 0.3 is 6.01 Å². The Balaban J connectivity index is 0.000000143. The molecule has 0 atom stereocenters. The fourth-order valence-corrected chi connectivity index (χ4v) is 13.0. The number of hydrogen-bond acceptors (Lipinski definition) is 24. The van der Waals surface area contributed by atoms with Gasteiger partial charge in [-0.25, -0.2) is 24.5 Å². The third-order valence-corrected chi connectivity index (χ3v) is 19.1. The van der Waals surface area contributed by atoms with Crippen LogP contribution in [0.4, 0.5) is 69.0 Å². The first-order chi connectivity index (χ1) is 52.4. The number of carbonyl (C=O) groups excluding carboxylic acids is 3. The number of nitrogens with one attached hydrogen (secondary N) is 6. The standard InChI is InChI=1S/2C26H28N8O2.C26H28N8OS/c1-4-24(35)29-19-6-5-7-21(15-19)36-25-16-22(30-23-8-9-28-34(23)25)31-26-18(2)14-20(17-27-26)33-12-10-32(3)11-13-33;1-4-24(35)28-19-6-5-7-21(17-19)36-26-31-25(30-23-10-11-27-34(23)26)29-22-9-8-20(16-18(22)2)33-14-12-32(3)13-15-33;1-4-24(35)29-19-6-5-7-21(15-19)36-25-16-22(30-23-8-9-28-34(23)25)31-26-18(2)14-20(17-27-26)33-12-10-32(3)11-13-33/h4-9,14-17H,1,10-13H2,2-3H3,(H,29,35)(H,27,30,31);4-11,16-17H,1,12-15H2,2-3H3,(H,28,35)(H,29,30);4-9,14-17H,1,10-13H2,2-3H3,(H,29,35)(H,27,30,31). The SMILES string of the molecule is C=CC(=O)Nc1cccc(Oc2cc(Nc3ncc(N4CCN(C)CC4)cc3C)nc3ccnn23)c1.C=CC(=O)Nc1cccc(Oc2nc(Nc3ccc(N4CCN(C)CC4)cc3C)nc3ccnn23)c1.C=CC(=O)Nc1cccc(Sc2cc(Nc3ncc(N4CCN(C)CC4)cc3C)nc3ccnn23)c1. The van der Waals surface area contributed by atoms with E-state index in [4.69, 9.17) is 19.4 Å². The molecule has 0 saturated carbocycles. The molecule has 3 aliphatic heterocycles. The van der Waals surface area contributed by atoms with Crippen LogP contribution in [0.2, 0.25) is 0 Å². The molecule has 3 amide bonds. The maximum absolute atomic E-state index is 11.7. The topological polar surface area (TPSA) is 291 Å². The second kappa shape index (κ2) is 34.0. The third-order valence-electron chi connectivity index (χ3n) is 18.1. The van der Waals surface area contributed by atoms with E-state index in [1.165, 1.54) is 40.2 Å². The van der Waals surface area contributed by atoms with E-state index in [2.05, 4.69) is 182 Å². The van der Waals surface area contributed by atoms with Gasteiger partial charge in [0.05, 0.1) is 42.4 Å². The first kappa shape index (κ1) is 73.5. The number of aromatic nitrogens is 12. The molecule has 0 aliphatic carbocycles. The summed E-state index contributed by atoms with van der Waals surface area (Å²) < 4.78 is 17.1. The van der Waals surface area contributed by atoms with Crippen molar-refractivity contribution in [1.82, 2.24) is 73.4 Å². The molecular weight excluding hydrogens is 1390 g/mol. The highest BCUT2D eigenvalue weighted by Gasteiger charge is 2.22. The second-order valence-electron chi connectivity index (χ2n) is 26.0. The Kier molecular flexibility index (Phi) is 23.1. The average Bonchev–Trinajstić information content (AvgIpc) is 1.56. The number of anilines is 12. The number of amides is 3. The highest BCUT2D eigenvalue weighted by Crippen LogP contribution is 2.35. The molecule has 3 fully saturated rings. The predicted molar refractivity (Wildman–Crippen MR) is 425 cm³/mol. The molecule has 0 unspecified atom stereocenters. The van der Waals surface area contributed by atoms with Crippen molar-refractivity contribution in [3.8, 4) is 23.4 Å². The normalized spacial score (nSPS) is 14.0. The van der Waals surface area contributed by atoms with Gasteiger partial charge in [0.25, 0.3) is 0 Å². The highest BCUT2D eigenvalue weighted by molar-refractivity contribution is 7.99. The molecule has 0 radical (unpaired) electrons. The van der Waals surface area contributed by atoms with Crippen molar-refractivity contribution in [2.75, 3.05) is 146 Å². The zero-order chi connectivity index (χ0) is 75.2. The number of hydrogen-bond donors (Lipinski definition) is 6. The van der Waals surface area contributed by atoms with Gasteiger partial charge in [-0.05, 0) is 150 Å². The smallest absolute Gasteiger partial charge is 0.328 e. The zero-order valence-electron chi connectivity index (χ0n) is 60.9. The van der Waals surface area contributed by atoms with Crippen LogP contribution < -0.4 is 56.1 Å². The van der Waals surface area contributed by atoms with E-state index in [1.807, 2.05) is 55.7 Å². The summed E-state index contributed by atoms with van der Waals surface area (Å²) in [7, 11) is 6.46. The quantitative estimate of drug-likeness (QED) is 0.0288. The number of aryl methyl sites for hydroxylation is 3. The number of ether oxygens (including phenoxy) is 2. The lowest BCUT2D eigenvalue weighted by Gasteiger charge is -2.34. The van der Waals surface area contributed by atoms with Gasteiger partial charge < -0.3 is 70.8 Å². The Morgan fingerprint density at radius 1 is 0.444 bits per heavy atom. The fraction of sp³-hybridized carbons (Fsp3) is 0.231. The molecule has 108 heavy (non-hydrogen) atoms. The first-order valence-electron chi connectivity index (χ1n) is 35.2. The molecule has 0 bridgehead atoms. The summed E-state index contributed by atoms with van der Waals surface area (Å²) >= 11 is 1.53. The van der Waals surface area contributed by atoms with Crippen molar-refractivity contribution >= 4 is 115 Å². The second-order valence-corrected chi connectivity index (χ2v) is 27.1. The highest BCUT2D eigenvalue weighted by atomic mass is 32.2. The molecule has 8 aromatic heterocycles. The molecule has 4 aromatic carbocycles. The average molecular weight is 1470 g/mol. The van der Waals surface area contributed by atoms with E-state index < -0.39 is 0 Å². The number of carbonyl (C=O) groups is 3. The van der Waals surface area contributed by atoms with Crippen LogP contribution in [0.5, 0.6) is 23.4 Å². The van der Waals surface area contributed by atoms with Crippen molar-refractivity contribution in [2.24, 2.45) is 0 Å². The lowest BCUT2D eigenvalue weighted by molar-refractivity contribution is -0.112. The Morgan fingerprint density at radius 3 is 1.42 bits per heavy atom. The number of benzene rings is 4. The molecule has 12 aromatic rings. The Morgan fingerprint density at radius 2 is 0.898 bits per heavy atom. The van der Waals surface area contributed by atoms with Gasteiger partial charge in [-0.15, -0.1) is 0 Å². The molecule has 15 rings (SSSR count). The molecule has 552 valence electrons. The van der Waals surface area contributed by atoms with Crippen LogP contribution in [-0.4, -0.2) is 191 Å². The van der Waals surface area contributed by atoms with E-state index >= 15 is 0 Å². The number of pyridine rings is 2. The van der Waals surface area contributed by atoms with Gasteiger partial charge in [0, 0.05) is 154 Å². The van der Waals surface area contributed by atoms with E-state index in [9.17, 15) is 14.4 Å². The molecule has 3 aliphatic rings. The minimum atomic E-state index is -0.302. The number of fused-ring (bicyclic) bond motifs is 3. The van der Waals surface area contributed by atoms with Crippen molar-refractivity contribution in [3.05, 3.63) is 219 Å². The largest absolute Gasteiger partial charge is 0.439 e. The predicted octanol–water partition coefficient (Wildman–Crippen LogP) is 11.9. The van der Waals surface area contributed by atoms with Crippen molar-refractivity contribution < 1.29 is 23.9 Å². The summed E-state index contributed by atoms with van der Waals surface area (Å²) in [5, 5.41) is 32.2. The van der Waals surface area contributed by atoms with Gasteiger partial charge in [-0.3, -0.25) is 14.4 Å². The van der Waals surface area contributed by atoms with E-state index in [-0.39, 0.29) is 23.7 Å². The van der Waals surface area contributed by atoms with Gasteiger partial charge in [-0.2, -0.15) is 34.3 Å². The molecular formula is C78H84N24O5S. The maximum Gasteiger partial charge on any atom is 0.328 e. The molecule has 11 heterocycles. The lowest BCUT2D eigenvalue weighted by Crippen LogP contribution is -2.44. The number of rotatable bonds is 21. The monoisotopic (exact) mass is 1470 g/mol. The van der Waals surface area contributed by atoms with Crippen LogP contribution in [0.25, 0.3) is 16.9 Å². The summed E-state index contributed by atoms with van der Waals surface area (Å²) in [5.41, 5.74) is 11.4. The van der Waals surface area contributed by atoms with Gasteiger partial charge in [0.2, 0.25) is 29.5 Å².